The minimum atomic E-state index is 0.634. The molecular weight excluding hydrogens is 194 g/mol. The van der Waals surface area contributed by atoms with E-state index in [2.05, 4.69) is 32.1 Å². The molecule has 0 aliphatic rings. The van der Waals surface area contributed by atoms with Crippen LogP contribution in [0.15, 0.2) is 36.0 Å². The van der Waals surface area contributed by atoms with Gasteiger partial charge in [-0.2, -0.15) is 5.26 Å². The fourth-order valence-corrected chi connectivity index (χ4v) is 1.90. The van der Waals surface area contributed by atoms with Crippen molar-refractivity contribution in [2.75, 3.05) is 0 Å². The Morgan fingerprint density at radius 3 is 2.31 bits per heavy atom. The van der Waals surface area contributed by atoms with Crippen molar-refractivity contribution in [3.63, 3.8) is 0 Å². The maximum absolute atomic E-state index is 8.47. The number of hydrogen-bond donors (Lipinski definition) is 0. The highest BCUT2D eigenvalue weighted by atomic mass is 14.2. The predicted molar refractivity (Wildman–Crippen MR) is 71.0 cm³/mol. The maximum Gasteiger partial charge on any atom is 0.0912 e. The fourth-order valence-electron chi connectivity index (χ4n) is 1.90. The van der Waals surface area contributed by atoms with Gasteiger partial charge >= 0.3 is 0 Å². The SMILES string of the molecule is C\C=C/C(=C\C=C\C#N)C(CCC)CCC. The van der Waals surface area contributed by atoms with Crippen LogP contribution in [0.4, 0.5) is 0 Å². The molecule has 0 aliphatic heterocycles. The molecule has 0 aromatic rings. The summed E-state index contributed by atoms with van der Waals surface area (Å²) in [6, 6.07) is 2.02. The molecule has 88 valence electrons. The van der Waals surface area contributed by atoms with Crippen LogP contribution in [0.25, 0.3) is 0 Å². The first-order valence-electron chi connectivity index (χ1n) is 6.19. The van der Waals surface area contributed by atoms with Crippen LogP contribution in [0, 0.1) is 17.2 Å². The highest BCUT2D eigenvalue weighted by Gasteiger charge is 2.09. The van der Waals surface area contributed by atoms with Crippen LogP contribution in [0.1, 0.15) is 46.5 Å². The summed E-state index contributed by atoms with van der Waals surface area (Å²) in [5, 5.41) is 8.47. The van der Waals surface area contributed by atoms with Crippen molar-refractivity contribution in [2.45, 2.75) is 46.5 Å². The highest BCUT2D eigenvalue weighted by Crippen LogP contribution is 2.23. The second kappa shape index (κ2) is 10.2. The summed E-state index contributed by atoms with van der Waals surface area (Å²) in [5.74, 6) is 0.634. The van der Waals surface area contributed by atoms with E-state index >= 15 is 0 Å². The summed E-state index contributed by atoms with van der Waals surface area (Å²) in [7, 11) is 0. The molecule has 16 heavy (non-hydrogen) atoms. The van der Waals surface area contributed by atoms with Crippen molar-refractivity contribution < 1.29 is 0 Å². The van der Waals surface area contributed by atoms with Crippen LogP contribution in [-0.4, -0.2) is 0 Å². The molecule has 0 aromatic carbocycles. The molecule has 0 saturated carbocycles. The lowest BCUT2D eigenvalue weighted by atomic mass is 9.89. The van der Waals surface area contributed by atoms with Gasteiger partial charge in [-0.3, -0.25) is 0 Å². The van der Waals surface area contributed by atoms with Gasteiger partial charge in [-0.1, -0.05) is 51.0 Å². The van der Waals surface area contributed by atoms with E-state index in [1.165, 1.54) is 37.3 Å². The van der Waals surface area contributed by atoms with Gasteiger partial charge in [-0.05, 0) is 31.3 Å². The van der Waals surface area contributed by atoms with E-state index in [-0.39, 0.29) is 0 Å². The standard InChI is InChI=1S/C15H23N/c1-4-9-14(10-5-2)15(11-6-3)12-7-8-13-16/h6-8,11-12,14H,4-5,9-10H2,1-3H3/b8-7+,11-6-,15-12+. The van der Waals surface area contributed by atoms with Gasteiger partial charge in [-0.25, -0.2) is 0 Å². The molecule has 0 atom stereocenters. The van der Waals surface area contributed by atoms with E-state index in [9.17, 15) is 0 Å². The largest absolute Gasteiger partial charge is 0.193 e. The van der Waals surface area contributed by atoms with Gasteiger partial charge in [0.05, 0.1) is 6.07 Å². The quantitative estimate of drug-likeness (QED) is 0.444. The summed E-state index contributed by atoms with van der Waals surface area (Å²) in [6.45, 7) is 6.49. The fraction of sp³-hybridized carbons (Fsp3) is 0.533. The van der Waals surface area contributed by atoms with Crippen LogP contribution in [0.3, 0.4) is 0 Å². The molecule has 0 radical (unpaired) electrons. The first kappa shape index (κ1) is 14.7. The van der Waals surface area contributed by atoms with Crippen molar-refractivity contribution in [1.82, 2.24) is 0 Å². The minimum Gasteiger partial charge on any atom is -0.193 e. The van der Waals surface area contributed by atoms with E-state index < -0.39 is 0 Å². The van der Waals surface area contributed by atoms with Crippen LogP contribution < -0.4 is 0 Å². The van der Waals surface area contributed by atoms with Gasteiger partial charge in [0, 0.05) is 6.08 Å². The summed E-state index contributed by atoms with van der Waals surface area (Å²) in [6.07, 6.45) is 14.5. The second-order valence-corrected chi connectivity index (χ2v) is 3.93. The zero-order valence-electron chi connectivity index (χ0n) is 10.7. The Bertz CT molecular complexity index is 283. The summed E-state index contributed by atoms with van der Waals surface area (Å²) >= 11 is 0. The topological polar surface area (TPSA) is 23.8 Å². The van der Waals surface area contributed by atoms with Gasteiger partial charge < -0.3 is 0 Å². The smallest absolute Gasteiger partial charge is 0.0912 e. The van der Waals surface area contributed by atoms with E-state index in [1.54, 1.807) is 0 Å². The van der Waals surface area contributed by atoms with Crippen LogP contribution in [0.5, 0.6) is 0 Å². The van der Waals surface area contributed by atoms with Crippen molar-refractivity contribution >= 4 is 0 Å². The first-order valence-corrected chi connectivity index (χ1v) is 6.19. The van der Waals surface area contributed by atoms with Gasteiger partial charge in [0.15, 0.2) is 0 Å². The van der Waals surface area contributed by atoms with Gasteiger partial charge in [-0.15, -0.1) is 0 Å². The van der Waals surface area contributed by atoms with Gasteiger partial charge in [0.25, 0.3) is 0 Å². The molecule has 1 heteroatoms. The molecule has 1 nitrogen and oxygen atoms in total. The third kappa shape index (κ3) is 6.24. The van der Waals surface area contributed by atoms with Crippen molar-refractivity contribution in [3.8, 4) is 6.07 Å². The normalized spacial score (nSPS) is 12.8. The van der Waals surface area contributed by atoms with E-state index in [0.717, 1.165) is 0 Å². The molecule has 0 aromatic heterocycles. The number of nitrogens with zero attached hydrogens (tertiary/aromatic N) is 1. The third-order valence-electron chi connectivity index (χ3n) is 2.56. The molecular formula is C15H23N. The molecule has 0 amide bonds. The Balaban J connectivity index is 4.76. The molecule has 0 bridgehead atoms. The van der Waals surface area contributed by atoms with Crippen molar-refractivity contribution in [1.29, 1.82) is 5.26 Å². The molecule has 0 unspecified atom stereocenters. The first-order chi connectivity index (χ1) is 7.79. The summed E-state index contributed by atoms with van der Waals surface area (Å²) in [4.78, 5) is 0. The third-order valence-corrected chi connectivity index (χ3v) is 2.56. The molecule has 0 heterocycles. The second-order valence-electron chi connectivity index (χ2n) is 3.93. The Kier molecular flexibility index (Phi) is 9.41. The summed E-state index contributed by atoms with van der Waals surface area (Å²) < 4.78 is 0. The molecule has 0 rings (SSSR count). The molecule has 0 fully saturated rings. The van der Waals surface area contributed by atoms with Crippen LogP contribution in [-0.2, 0) is 0 Å². The van der Waals surface area contributed by atoms with Crippen LogP contribution in [0.2, 0.25) is 0 Å². The number of allylic oxidation sites excluding steroid dienone is 6. The maximum atomic E-state index is 8.47. The van der Waals surface area contributed by atoms with E-state index in [4.69, 9.17) is 5.26 Å². The van der Waals surface area contributed by atoms with Gasteiger partial charge in [0.1, 0.15) is 0 Å². The Morgan fingerprint density at radius 2 is 1.88 bits per heavy atom. The lowest BCUT2D eigenvalue weighted by molar-refractivity contribution is 0.512. The molecule has 0 spiro atoms. The highest BCUT2D eigenvalue weighted by molar-refractivity contribution is 5.27. The van der Waals surface area contributed by atoms with Crippen molar-refractivity contribution in [3.05, 3.63) is 36.0 Å². The predicted octanol–water partition coefficient (Wildman–Crippen LogP) is 4.79. The number of hydrogen-bond acceptors (Lipinski definition) is 1. The monoisotopic (exact) mass is 217 g/mol. The Morgan fingerprint density at radius 1 is 1.25 bits per heavy atom. The zero-order valence-corrected chi connectivity index (χ0v) is 10.7. The van der Waals surface area contributed by atoms with E-state index in [0.29, 0.717) is 5.92 Å². The average molecular weight is 217 g/mol. The van der Waals surface area contributed by atoms with Crippen LogP contribution >= 0.6 is 0 Å². The lowest BCUT2D eigenvalue weighted by Crippen LogP contribution is -2.02. The number of nitriles is 1. The molecule has 0 N–H and O–H groups in total. The Hall–Kier alpha value is -1.29. The molecule has 0 aliphatic carbocycles. The zero-order chi connectivity index (χ0) is 12.2. The summed E-state index contributed by atoms with van der Waals surface area (Å²) in [5.41, 5.74) is 1.35. The average Bonchev–Trinajstić information content (AvgIpc) is 2.28. The van der Waals surface area contributed by atoms with E-state index in [1.807, 2.05) is 19.1 Å². The number of rotatable bonds is 7. The molecule has 0 saturated heterocycles. The lowest BCUT2D eigenvalue weighted by Gasteiger charge is -2.16. The Labute approximate surface area is 100 Å². The van der Waals surface area contributed by atoms with Crippen molar-refractivity contribution in [2.24, 2.45) is 5.92 Å². The van der Waals surface area contributed by atoms with Gasteiger partial charge in [0.2, 0.25) is 0 Å². The minimum absolute atomic E-state index is 0.634.